The molecule has 1 aliphatic heterocycles. The Morgan fingerprint density at radius 2 is 1.95 bits per heavy atom. The van der Waals surface area contributed by atoms with Gasteiger partial charge in [-0.2, -0.15) is 5.10 Å². The maximum Gasteiger partial charge on any atom is 0.254 e. The van der Waals surface area contributed by atoms with Crippen molar-refractivity contribution < 1.29 is 23.0 Å². The number of hydrogen-bond donors (Lipinski definition) is 1. The van der Waals surface area contributed by atoms with E-state index in [0.717, 1.165) is 16.0 Å². The molecule has 0 radical (unpaired) electrons. The van der Waals surface area contributed by atoms with E-state index in [1.165, 1.54) is 41.7 Å². The number of aryl methyl sites for hydroxylation is 1. The Balaban J connectivity index is 1.36. The molecule has 0 saturated carbocycles. The third-order valence-electron chi connectivity index (χ3n) is 5.90. The van der Waals surface area contributed by atoms with Crippen LogP contribution in [-0.2, 0) is 11.3 Å². The maximum atomic E-state index is 15.2. The van der Waals surface area contributed by atoms with E-state index in [1.807, 2.05) is 6.92 Å². The van der Waals surface area contributed by atoms with Crippen LogP contribution in [0.3, 0.4) is 0 Å². The van der Waals surface area contributed by atoms with Crippen LogP contribution in [0.5, 0.6) is 17.2 Å². The summed E-state index contributed by atoms with van der Waals surface area (Å²) >= 11 is 1.49. The number of halogens is 2. The van der Waals surface area contributed by atoms with E-state index < -0.39 is 11.6 Å². The van der Waals surface area contributed by atoms with Crippen LogP contribution >= 0.6 is 11.3 Å². The molecule has 2 aromatic carbocycles. The number of rotatable bonds is 7. The minimum atomic E-state index is -0.646. The molecule has 8 nitrogen and oxygen atoms in total. The largest absolute Gasteiger partial charge is 0.488 e. The van der Waals surface area contributed by atoms with Crippen molar-refractivity contribution in [1.82, 2.24) is 14.8 Å². The highest BCUT2D eigenvalue weighted by Crippen LogP contribution is 2.40. The fourth-order valence-electron chi connectivity index (χ4n) is 4.13. The van der Waals surface area contributed by atoms with Gasteiger partial charge in [0.25, 0.3) is 5.69 Å². The minimum absolute atomic E-state index is 0.0156. The van der Waals surface area contributed by atoms with E-state index in [-0.39, 0.29) is 52.7 Å². The summed E-state index contributed by atoms with van der Waals surface area (Å²) in [5.74, 6) is -0.422. The van der Waals surface area contributed by atoms with E-state index in [4.69, 9.17) is 26.5 Å². The third kappa shape index (κ3) is 5.40. The lowest BCUT2D eigenvalue weighted by Crippen LogP contribution is -2.21. The lowest BCUT2D eigenvalue weighted by atomic mass is 10.1. The number of aromatic nitrogens is 3. The summed E-state index contributed by atoms with van der Waals surface area (Å²) in [6.45, 7) is 10.8. The van der Waals surface area contributed by atoms with Crippen LogP contribution in [0.1, 0.15) is 28.8 Å². The van der Waals surface area contributed by atoms with E-state index >= 15 is 4.39 Å². The molecule has 0 aliphatic carbocycles. The molecule has 11 heteroatoms. The predicted molar refractivity (Wildman–Crippen MR) is 135 cm³/mol. The number of thiazole rings is 1. The zero-order chi connectivity index (χ0) is 25.9. The van der Waals surface area contributed by atoms with Crippen LogP contribution in [0, 0.1) is 25.1 Å². The Morgan fingerprint density at radius 1 is 1.16 bits per heavy atom. The van der Waals surface area contributed by atoms with Crippen LogP contribution < -0.4 is 15.2 Å². The van der Waals surface area contributed by atoms with E-state index in [0.29, 0.717) is 26.1 Å². The molecule has 0 unspecified atom stereocenters. The summed E-state index contributed by atoms with van der Waals surface area (Å²) in [6.07, 6.45) is 3.13. The Hall–Kier alpha value is -4.01. The molecule has 0 bridgehead atoms. The molecular weight excluding hydrogens is 500 g/mol. The Bertz CT molecular complexity index is 1470. The summed E-state index contributed by atoms with van der Waals surface area (Å²) in [4.78, 5) is 8.58. The van der Waals surface area contributed by atoms with Gasteiger partial charge in [0.1, 0.15) is 47.0 Å². The van der Waals surface area contributed by atoms with Crippen LogP contribution in [0.2, 0.25) is 0 Å². The van der Waals surface area contributed by atoms with Gasteiger partial charge in [-0.1, -0.05) is 0 Å². The fraction of sp³-hybridized carbons (Fsp3) is 0.269. The summed E-state index contributed by atoms with van der Waals surface area (Å²) in [5.41, 5.74) is 6.60. The average Bonchev–Trinajstić information content (AvgIpc) is 3.45. The monoisotopic (exact) mass is 523 g/mol. The highest BCUT2D eigenvalue weighted by Gasteiger charge is 2.25. The van der Waals surface area contributed by atoms with Crippen LogP contribution in [0.15, 0.2) is 42.6 Å². The zero-order valence-corrected chi connectivity index (χ0v) is 20.7. The number of nitrogens with two attached hydrogens (primary N) is 1. The van der Waals surface area contributed by atoms with Gasteiger partial charge in [0.15, 0.2) is 0 Å². The summed E-state index contributed by atoms with van der Waals surface area (Å²) < 4.78 is 47.8. The number of hydrogen-bond acceptors (Lipinski definition) is 7. The molecule has 2 N–H and O–H groups in total. The molecular formula is C26H23F2N5O3S. The standard InChI is InChI=1S/C26H23F2N5O3S/c1-15-31-13-21(37-15)14-35-19-9-16(27)10-20(11-19)36-18-3-4-22(23(28)12-18)24-25(30-2)26(29)33(32-24)17-5-7-34-8-6-17/h3-4,9-13,17H,5-8,14,29H2,1H3. The third-order valence-corrected chi connectivity index (χ3v) is 6.78. The lowest BCUT2D eigenvalue weighted by molar-refractivity contribution is 0.0669. The predicted octanol–water partition coefficient (Wildman–Crippen LogP) is 6.45. The minimum Gasteiger partial charge on any atom is -0.488 e. The van der Waals surface area contributed by atoms with Crippen molar-refractivity contribution >= 4 is 22.8 Å². The van der Waals surface area contributed by atoms with Gasteiger partial charge < -0.3 is 19.9 Å². The summed E-state index contributed by atoms with van der Waals surface area (Å²) in [6, 6.07) is 8.10. The molecule has 0 spiro atoms. The summed E-state index contributed by atoms with van der Waals surface area (Å²) in [7, 11) is 0. The smallest absolute Gasteiger partial charge is 0.254 e. The molecule has 1 aliphatic rings. The van der Waals surface area contributed by atoms with Crippen molar-refractivity contribution in [3.63, 3.8) is 0 Å². The van der Waals surface area contributed by atoms with Crippen molar-refractivity contribution in [2.24, 2.45) is 0 Å². The van der Waals surface area contributed by atoms with Gasteiger partial charge in [-0.05, 0) is 31.9 Å². The van der Waals surface area contributed by atoms with Crippen LogP contribution in [0.25, 0.3) is 16.1 Å². The van der Waals surface area contributed by atoms with E-state index in [2.05, 4.69) is 14.9 Å². The normalized spacial score (nSPS) is 13.9. The van der Waals surface area contributed by atoms with Gasteiger partial charge in [0.05, 0.1) is 22.5 Å². The molecule has 0 amide bonds. The first-order chi connectivity index (χ1) is 17.9. The quantitative estimate of drug-likeness (QED) is 0.280. The van der Waals surface area contributed by atoms with Gasteiger partial charge in [0.2, 0.25) is 0 Å². The van der Waals surface area contributed by atoms with E-state index in [9.17, 15) is 4.39 Å². The van der Waals surface area contributed by atoms with Crippen LogP contribution in [-0.4, -0.2) is 28.0 Å². The second kappa shape index (κ2) is 10.5. The van der Waals surface area contributed by atoms with Gasteiger partial charge in [-0.15, -0.1) is 11.3 Å². The van der Waals surface area contributed by atoms with Crippen molar-refractivity contribution in [3.05, 3.63) is 75.5 Å². The highest BCUT2D eigenvalue weighted by molar-refractivity contribution is 7.11. The van der Waals surface area contributed by atoms with Gasteiger partial charge in [0, 0.05) is 49.2 Å². The van der Waals surface area contributed by atoms with Crippen LogP contribution in [0.4, 0.5) is 20.3 Å². The number of benzene rings is 2. The molecule has 5 rings (SSSR count). The maximum absolute atomic E-state index is 15.2. The number of nitrogen functional groups attached to an aromatic ring is 1. The number of anilines is 1. The average molecular weight is 524 g/mol. The lowest BCUT2D eigenvalue weighted by Gasteiger charge is -2.23. The van der Waals surface area contributed by atoms with Crippen molar-refractivity contribution in [2.45, 2.75) is 32.4 Å². The van der Waals surface area contributed by atoms with Crippen molar-refractivity contribution in [3.8, 4) is 28.5 Å². The van der Waals surface area contributed by atoms with Gasteiger partial charge in [-0.25, -0.2) is 18.6 Å². The Kier molecular flexibility index (Phi) is 7.03. The van der Waals surface area contributed by atoms with E-state index in [1.54, 1.807) is 10.9 Å². The second-order valence-corrected chi connectivity index (χ2v) is 9.80. The topological polar surface area (TPSA) is 88.8 Å². The summed E-state index contributed by atoms with van der Waals surface area (Å²) in [5, 5.41) is 5.40. The second-order valence-electron chi connectivity index (χ2n) is 8.48. The first-order valence-corrected chi connectivity index (χ1v) is 12.4. The molecule has 4 aromatic rings. The molecule has 3 heterocycles. The zero-order valence-electron chi connectivity index (χ0n) is 19.9. The molecule has 190 valence electrons. The molecule has 2 aromatic heterocycles. The van der Waals surface area contributed by atoms with Crippen molar-refractivity contribution in [2.75, 3.05) is 18.9 Å². The van der Waals surface area contributed by atoms with Gasteiger partial charge in [-0.3, -0.25) is 4.68 Å². The number of nitrogens with zero attached hydrogens (tertiary/aromatic N) is 4. The Labute approximate surface area is 216 Å². The van der Waals surface area contributed by atoms with Gasteiger partial charge >= 0.3 is 0 Å². The molecule has 37 heavy (non-hydrogen) atoms. The SMILES string of the molecule is [C-]#[N+]c1c(-c2ccc(Oc3cc(F)cc(OCc4cnc(C)s4)c3)cc2F)nn(C2CCOCC2)c1N. The fourth-order valence-corrected chi connectivity index (χ4v) is 4.84. The molecule has 1 saturated heterocycles. The highest BCUT2D eigenvalue weighted by atomic mass is 32.1. The first-order valence-electron chi connectivity index (χ1n) is 11.6. The molecule has 0 atom stereocenters. The molecule has 1 fully saturated rings. The van der Waals surface area contributed by atoms with Crippen molar-refractivity contribution in [1.29, 1.82) is 0 Å². The Morgan fingerprint density at radius 3 is 2.65 bits per heavy atom. The first kappa shape index (κ1) is 24.7. The number of ether oxygens (including phenoxy) is 3.